The maximum Gasteiger partial charge on any atom is 0.337 e. The third kappa shape index (κ3) is 1.96. The third-order valence-electron chi connectivity index (χ3n) is 3.38. The molecule has 2 atom stereocenters. The molecular weight excluding hydrogens is 234 g/mol. The number of rotatable bonds is 3. The Morgan fingerprint density at radius 3 is 3.00 bits per heavy atom. The fourth-order valence-electron chi connectivity index (χ4n) is 2.60. The maximum atomic E-state index is 12.0. The molecule has 0 radical (unpaired) electrons. The predicted octanol–water partition coefficient (Wildman–Crippen LogP) is -0.0229. The number of esters is 1. The van der Waals surface area contributed by atoms with E-state index in [9.17, 15) is 9.90 Å². The van der Waals surface area contributed by atoms with E-state index in [1.54, 1.807) is 11.8 Å². The molecule has 0 bridgehead atoms. The number of nitrogens with zero attached hydrogens (tertiary/aromatic N) is 2. The predicted molar refractivity (Wildman–Crippen MR) is 66.7 cm³/mol. The molecule has 0 unspecified atom stereocenters. The fourth-order valence-corrected chi connectivity index (χ4v) is 2.60. The lowest BCUT2D eigenvalue weighted by Gasteiger charge is -2.32. The van der Waals surface area contributed by atoms with E-state index in [0.717, 1.165) is 18.5 Å². The van der Waals surface area contributed by atoms with Crippen molar-refractivity contribution in [2.75, 3.05) is 13.2 Å². The summed E-state index contributed by atoms with van der Waals surface area (Å²) in [5.74, 6) is 0.0435. The summed E-state index contributed by atoms with van der Waals surface area (Å²) in [7, 11) is 0. The minimum absolute atomic E-state index is 0.00417. The van der Waals surface area contributed by atoms with Gasteiger partial charge in [0.15, 0.2) is 5.96 Å². The summed E-state index contributed by atoms with van der Waals surface area (Å²) in [6, 6.07) is -0.367. The molecule has 0 aliphatic carbocycles. The number of hydrogen-bond donors (Lipinski definition) is 2. The number of nitrogens with two attached hydrogens (primary N) is 1. The van der Waals surface area contributed by atoms with Crippen LogP contribution in [0.1, 0.15) is 26.7 Å². The number of aliphatic imine (C=N–C) groups is 1. The lowest BCUT2D eigenvalue weighted by Crippen LogP contribution is -2.46. The number of hydrogen-bond acceptors (Lipinski definition) is 6. The second-order valence-corrected chi connectivity index (χ2v) is 4.49. The van der Waals surface area contributed by atoms with Crippen LogP contribution in [0.2, 0.25) is 0 Å². The SMILES string of the molecule is CCOC(=O)C1=C2CC[C@@H](CO)N2C(N)=N[C@@H]1C. The molecule has 0 aromatic heterocycles. The molecule has 0 aromatic carbocycles. The molecule has 0 amide bonds. The van der Waals surface area contributed by atoms with E-state index in [2.05, 4.69) is 4.99 Å². The van der Waals surface area contributed by atoms with Gasteiger partial charge in [-0.15, -0.1) is 0 Å². The number of fused-ring (bicyclic) bond motifs is 1. The van der Waals surface area contributed by atoms with Gasteiger partial charge < -0.3 is 20.5 Å². The molecule has 0 saturated carbocycles. The highest BCUT2D eigenvalue weighted by Gasteiger charge is 2.39. The van der Waals surface area contributed by atoms with Gasteiger partial charge in [-0.1, -0.05) is 0 Å². The van der Waals surface area contributed by atoms with Crippen LogP contribution >= 0.6 is 0 Å². The highest BCUT2D eigenvalue weighted by molar-refractivity contribution is 5.95. The number of ether oxygens (including phenoxy) is 1. The first-order valence-electron chi connectivity index (χ1n) is 6.23. The molecule has 3 N–H and O–H groups in total. The van der Waals surface area contributed by atoms with E-state index >= 15 is 0 Å². The normalized spacial score (nSPS) is 27.1. The van der Waals surface area contributed by atoms with Crippen molar-refractivity contribution in [2.24, 2.45) is 10.7 Å². The standard InChI is InChI=1S/C12H19N3O3/c1-3-18-11(17)10-7(2)14-12(13)15-8(6-16)4-5-9(10)15/h7-8,16H,3-6H2,1-2H3,(H2,13,14)/t7-,8+/m1/s1. The lowest BCUT2D eigenvalue weighted by atomic mass is 10.0. The van der Waals surface area contributed by atoms with Gasteiger partial charge in [-0.05, 0) is 26.7 Å². The fraction of sp³-hybridized carbons (Fsp3) is 0.667. The van der Waals surface area contributed by atoms with Gasteiger partial charge in [0.2, 0.25) is 0 Å². The number of guanidine groups is 1. The van der Waals surface area contributed by atoms with Gasteiger partial charge >= 0.3 is 5.97 Å². The summed E-state index contributed by atoms with van der Waals surface area (Å²) in [6.45, 7) is 3.95. The van der Waals surface area contributed by atoms with Crippen molar-refractivity contribution in [3.63, 3.8) is 0 Å². The molecule has 0 aromatic rings. The summed E-state index contributed by atoms with van der Waals surface area (Å²) in [5.41, 5.74) is 7.32. The zero-order chi connectivity index (χ0) is 13.3. The number of allylic oxidation sites excluding steroid dienone is 1. The number of carbonyl (C=O) groups is 1. The second-order valence-electron chi connectivity index (χ2n) is 4.49. The van der Waals surface area contributed by atoms with E-state index in [-0.39, 0.29) is 24.7 Å². The first kappa shape index (κ1) is 12.9. The Bertz CT molecular complexity index is 417. The summed E-state index contributed by atoms with van der Waals surface area (Å²) in [4.78, 5) is 18.0. The van der Waals surface area contributed by atoms with E-state index in [0.29, 0.717) is 18.1 Å². The zero-order valence-corrected chi connectivity index (χ0v) is 10.7. The Labute approximate surface area is 106 Å². The van der Waals surface area contributed by atoms with Gasteiger partial charge in [0.1, 0.15) is 0 Å². The van der Waals surface area contributed by atoms with Crippen molar-refractivity contribution in [3.8, 4) is 0 Å². The van der Waals surface area contributed by atoms with Crippen LogP contribution in [-0.2, 0) is 9.53 Å². The third-order valence-corrected chi connectivity index (χ3v) is 3.38. The Balaban J connectivity index is 2.37. The minimum Gasteiger partial charge on any atom is -0.463 e. The van der Waals surface area contributed by atoms with Gasteiger partial charge in [0.05, 0.1) is 30.9 Å². The molecule has 2 aliphatic heterocycles. The molecule has 0 spiro atoms. The average molecular weight is 253 g/mol. The molecular formula is C12H19N3O3. The Morgan fingerprint density at radius 1 is 1.67 bits per heavy atom. The van der Waals surface area contributed by atoms with Crippen LogP contribution < -0.4 is 5.73 Å². The highest BCUT2D eigenvalue weighted by atomic mass is 16.5. The Kier molecular flexibility index (Phi) is 3.56. The smallest absolute Gasteiger partial charge is 0.337 e. The maximum absolute atomic E-state index is 12.0. The minimum atomic E-state index is -0.333. The summed E-state index contributed by atoms with van der Waals surface area (Å²) in [6.07, 6.45) is 1.50. The Morgan fingerprint density at radius 2 is 2.39 bits per heavy atom. The second kappa shape index (κ2) is 4.97. The van der Waals surface area contributed by atoms with Gasteiger partial charge in [0, 0.05) is 5.70 Å². The molecule has 6 nitrogen and oxygen atoms in total. The van der Waals surface area contributed by atoms with Crippen molar-refractivity contribution in [1.82, 2.24) is 4.90 Å². The molecule has 1 fully saturated rings. The zero-order valence-electron chi connectivity index (χ0n) is 10.7. The van der Waals surface area contributed by atoms with E-state index in [4.69, 9.17) is 10.5 Å². The quantitative estimate of drug-likeness (QED) is 0.690. The van der Waals surface area contributed by atoms with Crippen molar-refractivity contribution in [2.45, 2.75) is 38.8 Å². The van der Waals surface area contributed by atoms with Crippen LogP contribution in [0.25, 0.3) is 0 Å². The van der Waals surface area contributed by atoms with Crippen molar-refractivity contribution in [1.29, 1.82) is 0 Å². The topological polar surface area (TPSA) is 88.2 Å². The van der Waals surface area contributed by atoms with Crippen LogP contribution in [0.3, 0.4) is 0 Å². The van der Waals surface area contributed by atoms with E-state index in [1.165, 1.54) is 0 Å². The number of carbonyl (C=O) groups excluding carboxylic acids is 1. The van der Waals surface area contributed by atoms with Gasteiger partial charge in [-0.2, -0.15) is 0 Å². The lowest BCUT2D eigenvalue weighted by molar-refractivity contribution is -0.138. The first-order valence-corrected chi connectivity index (χ1v) is 6.23. The molecule has 100 valence electrons. The van der Waals surface area contributed by atoms with Gasteiger partial charge in [-0.25, -0.2) is 9.79 Å². The van der Waals surface area contributed by atoms with E-state index in [1.807, 2.05) is 6.92 Å². The molecule has 2 heterocycles. The van der Waals surface area contributed by atoms with E-state index < -0.39 is 0 Å². The van der Waals surface area contributed by atoms with Gasteiger partial charge in [-0.3, -0.25) is 0 Å². The van der Waals surface area contributed by atoms with Crippen molar-refractivity contribution < 1.29 is 14.6 Å². The Hall–Kier alpha value is -1.56. The number of aliphatic hydroxyl groups excluding tert-OH is 1. The van der Waals surface area contributed by atoms with Crippen LogP contribution in [0, 0.1) is 0 Å². The van der Waals surface area contributed by atoms with Crippen LogP contribution in [-0.4, -0.2) is 47.2 Å². The van der Waals surface area contributed by atoms with Crippen molar-refractivity contribution in [3.05, 3.63) is 11.3 Å². The first-order chi connectivity index (χ1) is 8.60. The number of aliphatic hydroxyl groups is 1. The summed E-state index contributed by atoms with van der Waals surface area (Å²) >= 11 is 0. The molecule has 6 heteroatoms. The molecule has 1 saturated heterocycles. The van der Waals surface area contributed by atoms with Gasteiger partial charge in [0.25, 0.3) is 0 Å². The molecule has 2 rings (SSSR count). The highest BCUT2D eigenvalue weighted by Crippen LogP contribution is 2.34. The van der Waals surface area contributed by atoms with Crippen LogP contribution in [0.5, 0.6) is 0 Å². The molecule has 2 aliphatic rings. The monoisotopic (exact) mass is 253 g/mol. The largest absolute Gasteiger partial charge is 0.463 e. The van der Waals surface area contributed by atoms with Crippen LogP contribution in [0.15, 0.2) is 16.3 Å². The average Bonchev–Trinajstić information content (AvgIpc) is 2.73. The van der Waals surface area contributed by atoms with Crippen molar-refractivity contribution >= 4 is 11.9 Å². The summed E-state index contributed by atoms with van der Waals surface area (Å²) < 4.78 is 5.07. The summed E-state index contributed by atoms with van der Waals surface area (Å²) in [5, 5.41) is 9.33. The van der Waals surface area contributed by atoms with Crippen LogP contribution in [0.4, 0.5) is 0 Å². The molecule has 18 heavy (non-hydrogen) atoms.